The Morgan fingerprint density at radius 1 is 1.16 bits per heavy atom. The number of nitrogens with one attached hydrogen (secondary N) is 1. The van der Waals surface area contributed by atoms with E-state index in [4.69, 9.17) is 31.4 Å². The number of carbonyl (C=O) groups is 1. The predicted octanol–water partition coefficient (Wildman–Crippen LogP) is 5.17. The Labute approximate surface area is 195 Å². The van der Waals surface area contributed by atoms with Crippen LogP contribution in [0.1, 0.15) is 44.4 Å². The van der Waals surface area contributed by atoms with Gasteiger partial charge in [0.25, 0.3) is 0 Å². The van der Waals surface area contributed by atoms with Crippen molar-refractivity contribution < 1.29 is 18.8 Å². The normalized spacial score (nSPS) is 17.3. The maximum absolute atomic E-state index is 12.3. The number of ether oxygens (including phenoxy) is 1. The van der Waals surface area contributed by atoms with E-state index >= 15 is 0 Å². The third kappa shape index (κ3) is 5.65. The van der Waals surface area contributed by atoms with Gasteiger partial charge in [0.05, 0.1) is 21.9 Å². The Kier molecular flexibility index (Phi) is 7.23. The van der Waals surface area contributed by atoms with Crippen molar-refractivity contribution in [1.82, 2.24) is 5.32 Å². The lowest BCUT2D eigenvalue weighted by molar-refractivity contribution is 0.00578. The monoisotopic (exact) mass is 456 g/mol. The molecule has 1 saturated heterocycles. The maximum atomic E-state index is 12.3. The molecule has 3 rings (SSSR count). The molecule has 0 atom stereocenters. The van der Waals surface area contributed by atoms with E-state index in [9.17, 15) is 4.79 Å². The summed E-state index contributed by atoms with van der Waals surface area (Å²) in [5, 5.41) is 3.27. The lowest BCUT2D eigenvalue weighted by Crippen LogP contribution is -2.41. The van der Waals surface area contributed by atoms with Crippen molar-refractivity contribution in [2.24, 2.45) is 0 Å². The molecule has 170 valence electrons. The van der Waals surface area contributed by atoms with E-state index in [0.29, 0.717) is 10.7 Å². The summed E-state index contributed by atoms with van der Waals surface area (Å²) in [6.07, 6.45) is 1.38. The molecule has 1 heterocycles. The van der Waals surface area contributed by atoms with Crippen LogP contribution in [0.25, 0.3) is 6.08 Å². The fourth-order valence-corrected chi connectivity index (χ4v) is 3.50. The second-order valence-electron chi connectivity index (χ2n) is 8.96. The predicted molar refractivity (Wildman–Crippen MR) is 129 cm³/mol. The highest BCUT2D eigenvalue weighted by Gasteiger charge is 2.52. The zero-order valence-electron chi connectivity index (χ0n) is 19.2. The molecule has 0 aliphatic carbocycles. The van der Waals surface area contributed by atoms with Crippen molar-refractivity contribution in [2.45, 2.75) is 52.4 Å². The van der Waals surface area contributed by atoms with E-state index in [1.54, 1.807) is 6.07 Å². The van der Waals surface area contributed by atoms with Gasteiger partial charge in [-0.2, -0.15) is 0 Å². The van der Waals surface area contributed by atoms with Gasteiger partial charge in [0, 0.05) is 6.54 Å². The Bertz CT molecular complexity index is 969. The highest BCUT2D eigenvalue weighted by molar-refractivity contribution is 6.56. The quantitative estimate of drug-likeness (QED) is 0.463. The lowest BCUT2D eigenvalue weighted by Gasteiger charge is -2.32. The van der Waals surface area contributed by atoms with Gasteiger partial charge in [-0.05, 0) is 68.9 Å². The van der Waals surface area contributed by atoms with Crippen LogP contribution in [0.5, 0.6) is 0 Å². The highest BCUT2D eigenvalue weighted by Crippen LogP contribution is 2.39. The summed E-state index contributed by atoms with van der Waals surface area (Å²) in [6, 6.07) is 13.2. The number of rotatable bonds is 6. The van der Waals surface area contributed by atoms with Gasteiger partial charge < -0.3 is 25.1 Å². The van der Waals surface area contributed by atoms with E-state index in [2.05, 4.69) is 5.32 Å². The van der Waals surface area contributed by atoms with Gasteiger partial charge in [-0.15, -0.1) is 0 Å². The molecule has 0 radical (unpaired) electrons. The fraction of sp³-hybridized carbons (Fsp3) is 0.375. The number of amides is 1. The lowest BCUT2D eigenvalue weighted by atomic mass is 9.77. The zero-order valence-corrected chi connectivity index (χ0v) is 20.0. The molecule has 2 aromatic carbocycles. The van der Waals surface area contributed by atoms with Gasteiger partial charge in [-0.3, -0.25) is 0 Å². The summed E-state index contributed by atoms with van der Waals surface area (Å²) in [6.45, 7) is 10.2. The summed E-state index contributed by atoms with van der Waals surface area (Å²) >= 11 is 6.27. The largest absolute Gasteiger partial charge is 0.492 e. The van der Waals surface area contributed by atoms with Crippen molar-refractivity contribution in [3.8, 4) is 0 Å². The van der Waals surface area contributed by atoms with Crippen LogP contribution in [0.2, 0.25) is 5.02 Å². The van der Waals surface area contributed by atoms with Crippen molar-refractivity contribution in [1.29, 1.82) is 0 Å². The first-order chi connectivity index (χ1) is 15.0. The minimum Gasteiger partial charge on any atom is -0.445 e. The maximum Gasteiger partial charge on any atom is 0.492 e. The summed E-state index contributed by atoms with van der Waals surface area (Å²) in [7, 11) is -0.633. The SMILES string of the molecule is Cc1cc(C=C(CNC(=O)OCc2ccccc2)B2OC(C)(C)C(C)(C)O2)cc(Cl)c1N. The van der Waals surface area contributed by atoms with E-state index in [-0.39, 0.29) is 13.2 Å². The van der Waals surface area contributed by atoms with Gasteiger partial charge in [-0.1, -0.05) is 48.0 Å². The molecule has 1 aliphatic heterocycles. The average Bonchev–Trinajstić information content (AvgIpc) is 2.95. The molecule has 0 aromatic heterocycles. The number of carbonyl (C=O) groups excluding carboxylic acids is 1. The first-order valence-electron chi connectivity index (χ1n) is 10.5. The molecular weight excluding hydrogens is 427 g/mol. The van der Waals surface area contributed by atoms with Crippen molar-refractivity contribution >= 4 is 36.6 Å². The van der Waals surface area contributed by atoms with Crippen molar-refractivity contribution in [3.05, 3.63) is 69.7 Å². The molecule has 8 heteroatoms. The van der Waals surface area contributed by atoms with Crippen LogP contribution in [-0.2, 0) is 20.7 Å². The van der Waals surface area contributed by atoms with Crippen LogP contribution in [0, 0.1) is 6.92 Å². The summed E-state index contributed by atoms with van der Waals surface area (Å²) in [4.78, 5) is 12.3. The van der Waals surface area contributed by atoms with E-state index < -0.39 is 24.4 Å². The van der Waals surface area contributed by atoms with Crippen molar-refractivity contribution in [3.63, 3.8) is 0 Å². The second-order valence-corrected chi connectivity index (χ2v) is 9.36. The number of aryl methyl sites for hydroxylation is 1. The number of nitrogens with two attached hydrogens (primary N) is 1. The third-order valence-electron chi connectivity index (χ3n) is 5.92. The molecule has 0 spiro atoms. The minimum absolute atomic E-state index is 0.186. The number of hydrogen-bond acceptors (Lipinski definition) is 5. The molecule has 2 aromatic rings. The Morgan fingerprint density at radius 2 is 1.78 bits per heavy atom. The van der Waals surface area contributed by atoms with Gasteiger partial charge in [-0.25, -0.2) is 4.79 Å². The van der Waals surface area contributed by atoms with Gasteiger partial charge in [0.2, 0.25) is 0 Å². The van der Waals surface area contributed by atoms with Gasteiger partial charge in [0.15, 0.2) is 0 Å². The van der Waals surface area contributed by atoms with Crippen LogP contribution in [0.15, 0.2) is 47.9 Å². The van der Waals surface area contributed by atoms with Gasteiger partial charge in [0.1, 0.15) is 6.61 Å². The summed E-state index contributed by atoms with van der Waals surface area (Å²) in [5.74, 6) is 0. The summed E-state index contributed by atoms with van der Waals surface area (Å²) in [5.41, 5.74) is 8.85. The minimum atomic E-state index is -0.633. The third-order valence-corrected chi connectivity index (χ3v) is 6.23. The van der Waals surface area contributed by atoms with Crippen LogP contribution < -0.4 is 11.1 Å². The average molecular weight is 457 g/mol. The smallest absolute Gasteiger partial charge is 0.445 e. The standard InChI is InChI=1S/C24H30BClN2O4/c1-16-11-18(13-20(26)21(16)27)12-19(25-31-23(2,3)24(4,5)32-25)14-28-22(29)30-15-17-9-7-6-8-10-17/h6-13H,14-15,27H2,1-5H3,(H,28,29). The number of hydrogen-bond donors (Lipinski definition) is 2. The molecule has 0 saturated carbocycles. The highest BCUT2D eigenvalue weighted by atomic mass is 35.5. The van der Waals surface area contributed by atoms with Crippen LogP contribution in [-0.4, -0.2) is 31.0 Å². The first kappa shape index (κ1) is 24.2. The van der Waals surface area contributed by atoms with E-state index in [1.807, 2.05) is 77.1 Å². The Hall–Kier alpha value is -2.48. The van der Waals surface area contributed by atoms with E-state index in [0.717, 1.165) is 22.2 Å². The Balaban J connectivity index is 1.77. The number of anilines is 1. The molecule has 1 fully saturated rings. The summed E-state index contributed by atoms with van der Waals surface area (Å²) < 4.78 is 17.7. The molecule has 32 heavy (non-hydrogen) atoms. The molecule has 1 aliphatic rings. The second kappa shape index (κ2) is 9.57. The van der Waals surface area contributed by atoms with Crippen LogP contribution >= 0.6 is 11.6 Å². The van der Waals surface area contributed by atoms with Crippen LogP contribution in [0.4, 0.5) is 10.5 Å². The molecule has 6 nitrogen and oxygen atoms in total. The molecule has 1 amide bonds. The van der Waals surface area contributed by atoms with Crippen LogP contribution in [0.3, 0.4) is 0 Å². The van der Waals surface area contributed by atoms with Gasteiger partial charge >= 0.3 is 13.2 Å². The molecule has 3 N–H and O–H groups in total. The number of benzene rings is 2. The Morgan fingerprint density at radius 3 is 2.38 bits per heavy atom. The first-order valence-corrected chi connectivity index (χ1v) is 10.9. The zero-order chi connectivity index (χ0) is 23.5. The van der Waals surface area contributed by atoms with E-state index in [1.165, 1.54) is 0 Å². The molecule has 0 bridgehead atoms. The number of halogens is 1. The topological polar surface area (TPSA) is 82.8 Å². The molecule has 0 unspecified atom stereocenters. The van der Waals surface area contributed by atoms with Crippen molar-refractivity contribution in [2.75, 3.05) is 12.3 Å². The number of nitrogen functional groups attached to an aromatic ring is 1. The number of alkyl carbamates (subject to hydrolysis) is 1. The fourth-order valence-electron chi connectivity index (χ4n) is 3.22. The molecular formula is C24H30BClN2O4.